The van der Waals surface area contributed by atoms with Gasteiger partial charge >= 0.3 is 24.3 Å². The Hall–Kier alpha value is -3.65. The molecular weight excluding hydrogens is 560 g/mol. The Morgan fingerprint density at radius 2 is 1.79 bits per heavy atom. The zero-order chi connectivity index (χ0) is 29.5. The Morgan fingerprint density at radius 1 is 1.15 bits per heavy atom. The number of ether oxygens (including phenoxy) is 2. The minimum absolute atomic E-state index is 0.0313. The van der Waals surface area contributed by atoms with Crippen molar-refractivity contribution in [3.63, 3.8) is 0 Å². The number of carbonyl (C=O) groups excluding carboxylic acids is 1. The van der Waals surface area contributed by atoms with Crippen molar-refractivity contribution in [2.75, 3.05) is 7.11 Å². The second-order valence-corrected chi connectivity index (χ2v) is 8.91. The van der Waals surface area contributed by atoms with Crippen molar-refractivity contribution in [2.45, 2.75) is 37.7 Å². The predicted octanol–water partition coefficient (Wildman–Crippen LogP) is 5.29. The first-order valence-electron chi connectivity index (χ1n) is 10.9. The van der Waals surface area contributed by atoms with E-state index in [1.165, 1.54) is 14.0 Å². The van der Waals surface area contributed by atoms with Crippen molar-refractivity contribution < 1.29 is 45.7 Å². The van der Waals surface area contributed by atoms with Crippen LogP contribution in [0.25, 0.3) is 0 Å². The highest BCUT2D eigenvalue weighted by atomic mass is 35.5. The Bertz CT molecular complexity index is 1450. The van der Waals surface area contributed by atoms with Crippen LogP contribution in [0.15, 0.2) is 41.5 Å². The molecule has 0 fully saturated rings. The van der Waals surface area contributed by atoms with Gasteiger partial charge in [-0.1, -0.05) is 24.6 Å². The SMILES string of the molecule is COC(=O)c1cnc(Oc2ccc(C(C)C(O)(c3cc(C)c(=O)n(C)c3)C(F)(F)F)c(Cl)c2)nc1C(F)(F)F. The molecule has 39 heavy (non-hydrogen) atoms. The van der Waals surface area contributed by atoms with Gasteiger partial charge in [0.2, 0.25) is 0 Å². The molecule has 0 saturated carbocycles. The standard InChI is InChI=1S/C24H20ClF6N3O5/c1-11-7-13(10-34(3)19(11)35)22(37,24(29,30)31)12(2)15-6-5-14(8-17(15)25)39-21-32-9-16(20(36)38-4)18(33-21)23(26,27)28/h5-10,12,37H,1-4H3. The van der Waals surface area contributed by atoms with Crippen LogP contribution in [-0.4, -0.2) is 38.9 Å². The van der Waals surface area contributed by atoms with E-state index in [1.807, 2.05) is 0 Å². The van der Waals surface area contributed by atoms with Crippen LogP contribution in [0.4, 0.5) is 26.3 Å². The number of aryl methyl sites for hydroxylation is 2. The number of aliphatic hydroxyl groups is 1. The van der Waals surface area contributed by atoms with E-state index in [2.05, 4.69) is 14.7 Å². The molecule has 1 aromatic carbocycles. The number of hydrogen-bond acceptors (Lipinski definition) is 7. The first kappa shape index (κ1) is 29.9. The number of esters is 1. The number of alkyl halides is 6. The summed E-state index contributed by atoms with van der Waals surface area (Å²) in [5.74, 6) is -3.30. The van der Waals surface area contributed by atoms with Crippen LogP contribution in [0.5, 0.6) is 11.8 Å². The minimum atomic E-state index is -5.21. The summed E-state index contributed by atoms with van der Waals surface area (Å²) in [5, 5.41) is 10.7. The Balaban J connectivity index is 2.02. The highest BCUT2D eigenvalue weighted by Gasteiger charge is 2.59. The zero-order valence-electron chi connectivity index (χ0n) is 20.6. The van der Waals surface area contributed by atoms with Crippen molar-refractivity contribution in [3.8, 4) is 11.8 Å². The maximum atomic E-state index is 14.3. The number of halogens is 7. The fraction of sp³-hybridized carbons (Fsp3) is 0.333. The molecule has 15 heteroatoms. The third-order valence-electron chi connectivity index (χ3n) is 5.95. The molecule has 0 aliphatic carbocycles. The molecule has 2 unspecified atom stereocenters. The molecule has 3 aromatic rings. The summed E-state index contributed by atoms with van der Waals surface area (Å²) in [7, 11) is 2.11. The molecule has 210 valence electrons. The maximum absolute atomic E-state index is 14.3. The van der Waals surface area contributed by atoms with Gasteiger partial charge in [-0.2, -0.15) is 31.3 Å². The van der Waals surface area contributed by atoms with E-state index in [0.717, 1.165) is 49.1 Å². The van der Waals surface area contributed by atoms with E-state index < -0.39 is 58.2 Å². The Morgan fingerprint density at radius 3 is 2.31 bits per heavy atom. The van der Waals surface area contributed by atoms with Crippen molar-refractivity contribution >= 4 is 17.6 Å². The maximum Gasteiger partial charge on any atom is 0.434 e. The van der Waals surface area contributed by atoms with Crippen LogP contribution in [-0.2, 0) is 23.6 Å². The lowest BCUT2D eigenvalue weighted by molar-refractivity contribution is -0.274. The normalized spacial score (nSPS) is 14.5. The van der Waals surface area contributed by atoms with E-state index in [0.29, 0.717) is 6.20 Å². The second-order valence-electron chi connectivity index (χ2n) is 8.50. The van der Waals surface area contributed by atoms with Crippen molar-refractivity contribution in [2.24, 2.45) is 7.05 Å². The molecule has 0 aliphatic rings. The highest BCUT2D eigenvalue weighted by molar-refractivity contribution is 6.31. The van der Waals surface area contributed by atoms with Gasteiger partial charge < -0.3 is 19.1 Å². The average Bonchev–Trinajstić information content (AvgIpc) is 2.84. The third kappa shape index (κ3) is 5.71. The van der Waals surface area contributed by atoms with Crippen LogP contribution in [0.1, 0.15) is 45.6 Å². The summed E-state index contributed by atoms with van der Waals surface area (Å²) in [6.07, 6.45) is -8.85. The largest absolute Gasteiger partial charge is 0.465 e. The summed E-state index contributed by atoms with van der Waals surface area (Å²) in [5.41, 5.74) is -7.44. The smallest absolute Gasteiger partial charge is 0.434 e. The van der Waals surface area contributed by atoms with E-state index in [-0.39, 0.29) is 21.9 Å². The number of nitrogens with zero attached hydrogens (tertiary/aromatic N) is 3. The van der Waals surface area contributed by atoms with Gasteiger partial charge in [-0.15, -0.1) is 0 Å². The first-order chi connectivity index (χ1) is 17.9. The fourth-order valence-corrected chi connectivity index (χ4v) is 4.22. The number of carbonyl (C=O) groups is 1. The van der Waals surface area contributed by atoms with Crippen LogP contribution < -0.4 is 10.3 Å². The second kappa shape index (κ2) is 10.5. The molecule has 8 nitrogen and oxygen atoms in total. The van der Waals surface area contributed by atoms with Gasteiger partial charge in [0, 0.05) is 41.5 Å². The summed E-state index contributed by atoms with van der Waals surface area (Å²) in [6, 6.07) is 3.28. The molecule has 2 atom stereocenters. The summed E-state index contributed by atoms with van der Waals surface area (Å²) in [4.78, 5) is 30.4. The first-order valence-corrected chi connectivity index (χ1v) is 11.3. The number of rotatable bonds is 6. The molecule has 0 amide bonds. The topological polar surface area (TPSA) is 104 Å². The van der Waals surface area contributed by atoms with Crippen LogP contribution in [0, 0.1) is 6.92 Å². The molecule has 0 radical (unpaired) electrons. The van der Waals surface area contributed by atoms with Gasteiger partial charge in [0.05, 0.1) is 7.11 Å². The van der Waals surface area contributed by atoms with Crippen molar-refractivity contribution in [3.05, 3.63) is 80.0 Å². The Kier molecular flexibility index (Phi) is 8.04. The summed E-state index contributed by atoms with van der Waals surface area (Å²) >= 11 is 6.22. The van der Waals surface area contributed by atoms with Gasteiger partial charge in [0.25, 0.3) is 5.56 Å². The molecule has 0 spiro atoms. The number of methoxy groups -OCH3 is 1. The molecule has 1 N–H and O–H groups in total. The van der Waals surface area contributed by atoms with E-state index >= 15 is 0 Å². The monoisotopic (exact) mass is 579 g/mol. The predicted molar refractivity (Wildman–Crippen MR) is 125 cm³/mol. The zero-order valence-corrected chi connectivity index (χ0v) is 21.4. The van der Waals surface area contributed by atoms with Gasteiger partial charge in [-0.05, 0) is 30.7 Å². The molecule has 0 saturated heterocycles. The van der Waals surface area contributed by atoms with Gasteiger partial charge in [0.1, 0.15) is 11.3 Å². The minimum Gasteiger partial charge on any atom is -0.465 e. The average molecular weight is 580 g/mol. The number of aromatic nitrogens is 3. The Labute approximate surface area is 221 Å². The summed E-state index contributed by atoms with van der Waals surface area (Å²) in [6.45, 7) is 2.37. The van der Waals surface area contributed by atoms with Gasteiger partial charge in [0.15, 0.2) is 11.3 Å². The molecule has 2 heterocycles. The van der Waals surface area contributed by atoms with E-state index in [1.54, 1.807) is 0 Å². The number of hydrogen-bond donors (Lipinski definition) is 1. The quantitative estimate of drug-likeness (QED) is 0.313. The lowest BCUT2D eigenvalue weighted by Crippen LogP contribution is -2.47. The molecule has 3 rings (SSSR count). The van der Waals surface area contributed by atoms with Crippen molar-refractivity contribution in [1.82, 2.24) is 14.5 Å². The lowest BCUT2D eigenvalue weighted by Gasteiger charge is -2.37. The molecule has 2 aromatic heterocycles. The summed E-state index contributed by atoms with van der Waals surface area (Å²) < 4.78 is 93.4. The molecule has 0 bridgehead atoms. The van der Waals surface area contributed by atoms with Crippen molar-refractivity contribution in [1.29, 1.82) is 0 Å². The van der Waals surface area contributed by atoms with Crippen LogP contribution in [0.3, 0.4) is 0 Å². The van der Waals surface area contributed by atoms with Crippen LogP contribution in [0.2, 0.25) is 5.02 Å². The van der Waals surface area contributed by atoms with Gasteiger partial charge in [-0.25, -0.2) is 9.78 Å². The molecular formula is C24H20ClF6N3O5. The highest BCUT2D eigenvalue weighted by Crippen LogP contribution is 2.50. The van der Waals surface area contributed by atoms with E-state index in [4.69, 9.17) is 16.3 Å². The third-order valence-corrected chi connectivity index (χ3v) is 6.28. The number of benzene rings is 1. The fourth-order valence-electron chi connectivity index (χ4n) is 3.89. The van der Waals surface area contributed by atoms with Gasteiger partial charge in [-0.3, -0.25) is 4.79 Å². The van der Waals surface area contributed by atoms with E-state index in [9.17, 15) is 41.0 Å². The lowest BCUT2D eigenvalue weighted by atomic mass is 9.78. The van der Waals surface area contributed by atoms with Crippen LogP contribution >= 0.6 is 11.6 Å². The number of pyridine rings is 1. The molecule has 0 aliphatic heterocycles.